The summed E-state index contributed by atoms with van der Waals surface area (Å²) in [4.78, 5) is 18.0. The van der Waals surface area contributed by atoms with Gasteiger partial charge in [0, 0.05) is 12.6 Å². The van der Waals surface area contributed by atoms with E-state index < -0.39 is 15.9 Å². The molecule has 0 saturated carbocycles. The van der Waals surface area contributed by atoms with E-state index in [0.717, 1.165) is 0 Å². The van der Waals surface area contributed by atoms with Crippen molar-refractivity contribution in [1.29, 1.82) is 0 Å². The van der Waals surface area contributed by atoms with Crippen molar-refractivity contribution in [3.63, 3.8) is 0 Å². The second-order valence-electron chi connectivity index (χ2n) is 4.54. The third-order valence-corrected chi connectivity index (χ3v) is 4.95. The molecule has 0 spiro atoms. The van der Waals surface area contributed by atoms with Crippen molar-refractivity contribution >= 4 is 27.2 Å². The van der Waals surface area contributed by atoms with E-state index in [2.05, 4.69) is 10.3 Å². The summed E-state index contributed by atoms with van der Waals surface area (Å²) in [5.74, 6) is 0.565. The van der Waals surface area contributed by atoms with E-state index in [1.165, 1.54) is 7.11 Å². The first-order valence-corrected chi connectivity index (χ1v) is 7.65. The topological polar surface area (TPSA) is 88.6 Å². The Labute approximate surface area is 110 Å². The van der Waals surface area contributed by atoms with Crippen molar-refractivity contribution in [3.05, 3.63) is 12.1 Å². The number of rotatable bonds is 1. The van der Waals surface area contributed by atoms with Gasteiger partial charge in [0.2, 0.25) is 11.8 Å². The highest BCUT2D eigenvalue weighted by Crippen LogP contribution is 2.33. The predicted molar refractivity (Wildman–Crippen MR) is 69.2 cm³/mol. The van der Waals surface area contributed by atoms with Gasteiger partial charge in [-0.2, -0.15) is 4.98 Å². The van der Waals surface area contributed by atoms with Crippen LogP contribution < -0.4 is 15.0 Å². The number of ether oxygens (including phenoxy) is 1. The lowest BCUT2D eigenvalue weighted by atomic mass is 10.1. The van der Waals surface area contributed by atoms with Crippen LogP contribution in [0.1, 0.15) is 0 Å². The second kappa shape index (κ2) is 4.09. The average Bonchev–Trinajstić information content (AvgIpc) is 2.38. The van der Waals surface area contributed by atoms with E-state index in [1.807, 2.05) is 0 Å². The summed E-state index contributed by atoms with van der Waals surface area (Å²) in [5, 5.41) is 2.69. The molecule has 0 radical (unpaired) electrons. The SMILES string of the molecule is COc1ccc2c(n1)N1CCS(=O)(=O)CC1C(=O)N2. The van der Waals surface area contributed by atoms with E-state index in [-0.39, 0.29) is 24.0 Å². The average molecular weight is 283 g/mol. The first kappa shape index (κ1) is 12.2. The maximum absolute atomic E-state index is 12.0. The number of fused-ring (bicyclic) bond motifs is 3. The smallest absolute Gasteiger partial charge is 0.248 e. The van der Waals surface area contributed by atoms with Crippen LogP contribution in [0.5, 0.6) is 5.88 Å². The van der Waals surface area contributed by atoms with Crippen molar-refractivity contribution in [2.75, 3.05) is 35.4 Å². The Morgan fingerprint density at radius 3 is 3.00 bits per heavy atom. The third kappa shape index (κ3) is 2.01. The van der Waals surface area contributed by atoms with Gasteiger partial charge >= 0.3 is 0 Å². The van der Waals surface area contributed by atoms with Crippen LogP contribution in [0.4, 0.5) is 11.5 Å². The number of pyridine rings is 1. The van der Waals surface area contributed by atoms with Gasteiger partial charge in [-0.15, -0.1) is 0 Å². The zero-order valence-electron chi connectivity index (χ0n) is 10.3. The Morgan fingerprint density at radius 1 is 1.47 bits per heavy atom. The molecule has 2 aliphatic heterocycles. The molecule has 0 aliphatic carbocycles. The van der Waals surface area contributed by atoms with Crippen LogP contribution in [0.25, 0.3) is 0 Å². The lowest BCUT2D eigenvalue weighted by Gasteiger charge is -2.39. The summed E-state index contributed by atoms with van der Waals surface area (Å²) in [6.07, 6.45) is 0. The number of nitrogens with zero attached hydrogens (tertiary/aromatic N) is 2. The fraction of sp³-hybridized carbons (Fsp3) is 0.455. The fourth-order valence-electron chi connectivity index (χ4n) is 2.36. The molecule has 8 heteroatoms. The highest BCUT2D eigenvalue weighted by Gasteiger charge is 2.41. The van der Waals surface area contributed by atoms with E-state index in [0.29, 0.717) is 17.4 Å². The Bertz CT molecular complexity index is 643. The van der Waals surface area contributed by atoms with Crippen molar-refractivity contribution in [2.45, 2.75) is 6.04 Å². The molecule has 1 fully saturated rings. The van der Waals surface area contributed by atoms with Gasteiger partial charge in [-0.3, -0.25) is 4.79 Å². The zero-order chi connectivity index (χ0) is 13.6. The van der Waals surface area contributed by atoms with Gasteiger partial charge in [0.1, 0.15) is 6.04 Å². The van der Waals surface area contributed by atoms with E-state index in [4.69, 9.17) is 4.74 Å². The third-order valence-electron chi connectivity index (χ3n) is 3.32. The number of anilines is 2. The van der Waals surface area contributed by atoms with Gasteiger partial charge in [-0.05, 0) is 6.07 Å². The molecule has 1 aromatic rings. The molecule has 3 rings (SSSR count). The van der Waals surface area contributed by atoms with Crippen molar-refractivity contribution in [3.8, 4) is 5.88 Å². The number of hydrogen-bond donors (Lipinski definition) is 1. The number of aromatic nitrogens is 1. The lowest BCUT2D eigenvalue weighted by Crippen LogP contribution is -2.57. The summed E-state index contributed by atoms with van der Waals surface area (Å²) in [7, 11) is -1.66. The van der Waals surface area contributed by atoms with E-state index in [1.54, 1.807) is 17.0 Å². The molecule has 2 aliphatic rings. The molecule has 1 saturated heterocycles. The summed E-state index contributed by atoms with van der Waals surface area (Å²) in [6.45, 7) is 0.271. The van der Waals surface area contributed by atoms with Crippen LogP contribution in [0, 0.1) is 0 Å². The molecule has 102 valence electrons. The molecule has 19 heavy (non-hydrogen) atoms. The number of amides is 1. The highest BCUT2D eigenvalue weighted by atomic mass is 32.2. The second-order valence-corrected chi connectivity index (χ2v) is 6.77. The van der Waals surface area contributed by atoms with Gasteiger partial charge in [0.25, 0.3) is 0 Å². The van der Waals surface area contributed by atoms with E-state index in [9.17, 15) is 13.2 Å². The van der Waals surface area contributed by atoms with Gasteiger partial charge < -0.3 is 15.0 Å². The number of nitrogens with one attached hydrogen (secondary N) is 1. The fourth-order valence-corrected chi connectivity index (χ4v) is 3.81. The molecule has 3 heterocycles. The predicted octanol–water partition coefficient (Wildman–Crippen LogP) is -0.354. The molecule has 1 N–H and O–H groups in total. The van der Waals surface area contributed by atoms with Crippen LogP contribution >= 0.6 is 0 Å². The van der Waals surface area contributed by atoms with Gasteiger partial charge in [-0.1, -0.05) is 0 Å². The Morgan fingerprint density at radius 2 is 2.26 bits per heavy atom. The van der Waals surface area contributed by atoms with Crippen molar-refractivity contribution in [1.82, 2.24) is 4.98 Å². The summed E-state index contributed by atoms with van der Waals surface area (Å²) >= 11 is 0. The number of hydrogen-bond acceptors (Lipinski definition) is 6. The van der Waals surface area contributed by atoms with Crippen LogP contribution in [-0.2, 0) is 14.6 Å². The zero-order valence-corrected chi connectivity index (χ0v) is 11.1. The maximum Gasteiger partial charge on any atom is 0.248 e. The molecule has 0 aromatic carbocycles. The van der Waals surface area contributed by atoms with Crippen LogP contribution in [0.15, 0.2) is 12.1 Å². The lowest BCUT2D eigenvalue weighted by molar-refractivity contribution is -0.117. The molecule has 1 atom stereocenters. The van der Waals surface area contributed by atoms with Crippen molar-refractivity contribution < 1.29 is 17.9 Å². The normalized spacial score (nSPS) is 24.2. The Balaban J connectivity index is 2.05. The first-order valence-electron chi connectivity index (χ1n) is 5.83. The molecule has 0 bridgehead atoms. The monoisotopic (exact) mass is 283 g/mol. The highest BCUT2D eigenvalue weighted by molar-refractivity contribution is 7.91. The summed E-state index contributed by atoms with van der Waals surface area (Å²) < 4.78 is 28.3. The minimum Gasteiger partial charge on any atom is -0.481 e. The van der Waals surface area contributed by atoms with Gasteiger partial charge in [-0.25, -0.2) is 8.42 Å². The number of sulfone groups is 1. The standard InChI is InChI=1S/C11H13N3O4S/c1-18-9-3-2-7-10(13-9)14-4-5-19(16,17)6-8(14)11(15)12-7/h2-3,8H,4-6H2,1H3,(H,12,15). The summed E-state index contributed by atoms with van der Waals surface area (Å²) in [6, 6.07) is 2.66. The molecule has 1 unspecified atom stereocenters. The Hall–Kier alpha value is -1.83. The first-order chi connectivity index (χ1) is 9.00. The molecule has 7 nitrogen and oxygen atoms in total. The van der Waals surface area contributed by atoms with Crippen LogP contribution in [0.3, 0.4) is 0 Å². The minimum absolute atomic E-state index is 0.0368. The van der Waals surface area contributed by atoms with E-state index >= 15 is 0 Å². The van der Waals surface area contributed by atoms with Crippen LogP contribution in [0.2, 0.25) is 0 Å². The molecular formula is C11H13N3O4S. The van der Waals surface area contributed by atoms with Gasteiger partial charge in [0.05, 0.1) is 24.3 Å². The van der Waals surface area contributed by atoms with Gasteiger partial charge in [0.15, 0.2) is 15.7 Å². The minimum atomic E-state index is -3.17. The molecule has 1 aromatic heterocycles. The number of carbonyl (C=O) groups is 1. The molecular weight excluding hydrogens is 270 g/mol. The quantitative estimate of drug-likeness (QED) is 0.757. The molecule has 1 amide bonds. The van der Waals surface area contributed by atoms with Crippen molar-refractivity contribution in [2.24, 2.45) is 0 Å². The number of carbonyl (C=O) groups excluding carboxylic acids is 1. The number of methoxy groups -OCH3 is 1. The summed E-state index contributed by atoms with van der Waals surface area (Å²) in [5.41, 5.74) is 0.585. The maximum atomic E-state index is 12.0. The Kier molecular flexibility index (Phi) is 2.63. The largest absolute Gasteiger partial charge is 0.481 e. The van der Waals surface area contributed by atoms with Crippen LogP contribution in [-0.4, -0.2) is 50.5 Å².